The third kappa shape index (κ3) is 5.37. The summed E-state index contributed by atoms with van der Waals surface area (Å²) in [4.78, 5) is 35.5. The molecule has 4 N–H and O–H groups in total. The minimum atomic E-state index is -1.67. The summed E-state index contributed by atoms with van der Waals surface area (Å²) in [5, 5.41) is 23.3. The summed E-state index contributed by atoms with van der Waals surface area (Å²) >= 11 is 0. The largest absolute Gasteiger partial charge is 0.479 e. The summed E-state index contributed by atoms with van der Waals surface area (Å²) in [6, 6.07) is 15.9. The topological polar surface area (TPSA) is 134 Å². The Kier molecular flexibility index (Phi) is 7.44. The van der Waals surface area contributed by atoms with E-state index < -0.39 is 24.1 Å². The average Bonchev–Trinajstić information content (AvgIpc) is 3.16. The number of hydrogen-bond donors (Lipinski definition) is 4. The first-order valence-electron chi connectivity index (χ1n) is 11.3. The predicted molar refractivity (Wildman–Crippen MR) is 122 cm³/mol. The number of nitrogens with one attached hydrogen (secondary N) is 2. The average molecular weight is 469 g/mol. The fourth-order valence-corrected chi connectivity index (χ4v) is 4.59. The van der Waals surface area contributed by atoms with Crippen LogP contribution in [0, 0.1) is 5.92 Å². The lowest BCUT2D eigenvalue weighted by Crippen LogP contribution is -2.48. The first kappa shape index (κ1) is 23.7. The Morgan fingerprint density at radius 1 is 1.06 bits per heavy atom. The maximum absolute atomic E-state index is 12.6. The van der Waals surface area contributed by atoms with Crippen LogP contribution in [-0.2, 0) is 19.1 Å². The molecule has 3 atom stereocenters. The van der Waals surface area contributed by atoms with Gasteiger partial charge in [-0.15, -0.1) is 0 Å². The molecule has 1 aliphatic heterocycles. The summed E-state index contributed by atoms with van der Waals surface area (Å²) in [5.74, 6) is -2.17. The second-order valence-corrected chi connectivity index (χ2v) is 8.56. The standard InChI is InChI=1S/C25H28N2O7/c28-22(24(30)31)12-26-23(29)11-15-13-33-10-9-21(15)27-25(32)34-14-20-18-7-3-1-5-16(18)17-6-2-4-8-19(17)20/h1-8,15,20-22,28H,9-14H2,(H,26,29)(H,27,32)(H,30,31). The van der Waals surface area contributed by atoms with Crippen molar-refractivity contribution in [2.45, 2.75) is 30.9 Å². The Balaban J connectivity index is 1.32. The molecule has 9 nitrogen and oxygen atoms in total. The highest BCUT2D eigenvalue weighted by atomic mass is 16.5. The van der Waals surface area contributed by atoms with E-state index >= 15 is 0 Å². The second-order valence-electron chi connectivity index (χ2n) is 8.56. The third-order valence-corrected chi connectivity index (χ3v) is 6.35. The number of ether oxygens (including phenoxy) is 2. The fraction of sp³-hybridized carbons (Fsp3) is 0.400. The maximum atomic E-state index is 12.6. The number of rotatable bonds is 8. The molecule has 0 radical (unpaired) electrons. The molecule has 1 fully saturated rings. The van der Waals surface area contributed by atoms with Crippen LogP contribution in [0.2, 0.25) is 0 Å². The number of carboxylic acids is 1. The van der Waals surface area contributed by atoms with Gasteiger partial charge in [-0.3, -0.25) is 4.79 Å². The molecule has 2 aromatic rings. The van der Waals surface area contributed by atoms with E-state index in [1.807, 2.05) is 24.3 Å². The molecule has 1 heterocycles. The summed E-state index contributed by atoms with van der Waals surface area (Å²) in [6.45, 7) is 0.543. The zero-order chi connectivity index (χ0) is 24.1. The van der Waals surface area contributed by atoms with Crippen LogP contribution in [0.3, 0.4) is 0 Å². The molecule has 2 aliphatic rings. The Morgan fingerprint density at radius 2 is 1.71 bits per heavy atom. The van der Waals surface area contributed by atoms with Gasteiger partial charge in [-0.25, -0.2) is 9.59 Å². The van der Waals surface area contributed by atoms with Gasteiger partial charge in [0.05, 0.1) is 13.2 Å². The highest BCUT2D eigenvalue weighted by molar-refractivity contribution is 5.79. The van der Waals surface area contributed by atoms with E-state index in [9.17, 15) is 19.5 Å². The first-order valence-corrected chi connectivity index (χ1v) is 11.3. The quantitative estimate of drug-likeness (QED) is 0.465. The molecule has 0 saturated carbocycles. The number of amides is 2. The number of fused-ring (bicyclic) bond motifs is 3. The van der Waals surface area contributed by atoms with E-state index in [0.29, 0.717) is 13.0 Å². The Morgan fingerprint density at radius 3 is 2.35 bits per heavy atom. The molecular formula is C25H28N2O7. The molecule has 180 valence electrons. The van der Waals surface area contributed by atoms with E-state index in [1.165, 1.54) is 0 Å². The predicted octanol–water partition coefficient (Wildman–Crippen LogP) is 1.88. The van der Waals surface area contributed by atoms with Gasteiger partial charge in [-0.1, -0.05) is 48.5 Å². The Bertz CT molecular complexity index is 1010. The van der Waals surface area contributed by atoms with Crippen LogP contribution >= 0.6 is 0 Å². The van der Waals surface area contributed by atoms with E-state index in [1.54, 1.807) is 0 Å². The SMILES string of the molecule is O=C(CC1COCCC1NC(=O)OCC1c2ccccc2-c2ccccc21)NCC(O)C(=O)O. The van der Waals surface area contributed by atoms with E-state index in [4.69, 9.17) is 14.6 Å². The molecule has 2 amide bonds. The van der Waals surface area contributed by atoms with Crippen molar-refractivity contribution in [2.24, 2.45) is 5.92 Å². The number of hydrogen-bond acceptors (Lipinski definition) is 6. The van der Waals surface area contributed by atoms with Crippen LogP contribution in [0.5, 0.6) is 0 Å². The van der Waals surface area contributed by atoms with Crippen molar-refractivity contribution < 1.29 is 34.1 Å². The van der Waals surface area contributed by atoms with Crippen LogP contribution in [0.15, 0.2) is 48.5 Å². The van der Waals surface area contributed by atoms with Gasteiger partial charge in [-0.05, 0) is 28.7 Å². The molecule has 34 heavy (non-hydrogen) atoms. The number of benzene rings is 2. The lowest BCUT2D eigenvalue weighted by molar-refractivity contribution is -0.146. The molecule has 3 unspecified atom stereocenters. The van der Waals surface area contributed by atoms with Crippen molar-refractivity contribution in [1.82, 2.24) is 10.6 Å². The van der Waals surface area contributed by atoms with Crippen molar-refractivity contribution in [2.75, 3.05) is 26.4 Å². The third-order valence-electron chi connectivity index (χ3n) is 6.35. The van der Waals surface area contributed by atoms with Gasteiger partial charge < -0.3 is 30.3 Å². The van der Waals surface area contributed by atoms with Gasteiger partial charge in [0.25, 0.3) is 0 Å². The lowest BCUT2D eigenvalue weighted by atomic mass is 9.92. The zero-order valence-electron chi connectivity index (χ0n) is 18.6. The van der Waals surface area contributed by atoms with Crippen LogP contribution in [-0.4, -0.2) is 66.7 Å². The maximum Gasteiger partial charge on any atom is 0.407 e. The van der Waals surface area contributed by atoms with E-state index in [2.05, 4.69) is 34.9 Å². The van der Waals surface area contributed by atoms with Crippen LogP contribution in [0.1, 0.15) is 29.9 Å². The van der Waals surface area contributed by atoms with Gasteiger partial charge in [0.2, 0.25) is 5.91 Å². The van der Waals surface area contributed by atoms with Crippen molar-refractivity contribution in [3.63, 3.8) is 0 Å². The lowest BCUT2D eigenvalue weighted by Gasteiger charge is -2.31. The normalized spacial score (nSPS) is 20.0. The van der Waals surface area contributed by atoms with Gasteiger partial charge in [0.15, 0.2) is 6.10 Å². The minimum absolute atomic E-state index is 0.0284. The number of carbonyl (C=O) groups excluding carboxylic acids is 2. The number of carbonyl (C=O) groups is 3. The highest BCUT2D eigenvalue weighted by Gasteiger charge is 2.32. The molecule has 4 rings (SSSR count). The molecule has 1 saturated heterocycles. The summed E-state index contributed by atoms with van der Waals surface area (Å²) in [5.41, 5.74) is 4.55. The van der Waals surface area contributed by atoms with Crippen molar-refractivity contribution in [1.29, 1.82) is 0 Å². The monoisotopic (exact) mass is 468 g/mol. The number of carboxylic acid groups (broad SMARTS) is 1. The summed E-state index contributed by atoms with van der Waals surface area (Å²) in [6.07, 6.45) is -1.66. The number of alkyl carbamates (subject to hydrolysis) is 1. The molecule has 2 aromatic carbocycles. The van der Waals surface area contributed by atoms with Gasteiger partial charge in [0, 0.05) is 30.9 Å². The Hall–Kier alpha value is -3.43. The summed E-state index contributed by atoms with van der Waals surface area (Å²) < 4.78 is 11.1. The van der Waals surface area contributed by atoms with Gasteiger partial charge in [0.1, 0.15) is 6.61 Å². The van der Waals surface area contributed by atoms with Crippen LogP contribution in [0.25, 0.3) is 11.1 Å². The number of aliphatic carboxylic acids is 1. The molecule has 0 spiro atoms. The fourth-order valence-electron chi connectivity index (χ4n) is 4.59. The van der Waals surface area contributed by atoms with Gasteiger partial charge >= 0.3 is 12.1 Å². The smallest absolute Gasteiger partial charge is 0.407 e. The van der Waals surface area contributed by atoms with E-state index in [-0.39, 0.29) is 44.1 Å². The zero-order valence-corrected chi connectivity index (χ0v) is 18.6. The first-order chi connectivity index (χ1) is 16.4. The molecular weight excluding hydrogens is 440 g/mol. The highest BCUT2D eigenvalue weighted by Crippen LogP contribution is 2.44. The number of aliphatic hydroxyl groups is 1. The van der Waals surface area contributed by atoms with E-state index in [0.717, 1.165) is 22.3 Å². The van der Waals surface area contributed by atoms with Crippen LogP contribution < -0.4 is 10.6 Å². The molecule has 0 bridgehead atoms. The van der Waals surface area contributed by atoms with Crippen LogP contribution in [0.4, 0.5) is 4.79 Å². The molecule has 0 aromatic heterocycles. The molecule has 9 heteroatoms. The summed E-state index contributed by atoms with van der Waals surface area (Å²) in [7, 11) is 0. The molecule has 1 aliphatic carbocycles. The second kappa shape index (κ2) is 10.7. The minimum Gasteiger partial charge on any atom is -0.479 e. The van der Waals surface area contributed by atoms with Gasteiger partial charge in [-0.2, -0.15) is 0 Å². The van der Waals surface area contributed by atoms with Crippen molar-refractivity contribution in [3.05, 3.63) is 59.7 Å². The van der Waals surface area contributed by atoms with Crippen molar-refractivity contribution >= 4 is 18.0 Å². The number of aliphatic hydroxyl groups excluding tert-OH is 1. The van der Waals surface area contributed by atoms with Crippen molar-refractivity contribution in [3.8, 4) is 11.1 Å². The Labute approximate surface area is 197 Å².